The predicted octanol–water partition coefficient (Wildman–Crippen LogP) is 2.02. The van der Waals surface area contributed by atoms with Gasteiger partial charge in [0.05, 0.1) is 6.61 Å². The van der Waals surface area contributed by atoms with Crippen LogP contribution in [0.1, 0.15) is 24.8 Å². The van der Waals surface area contributed by atoms with Crippen molar-refractivity contribution in [3.05, 3.63) is 35.4 Å². The molecule has 21 heavy (non-hydrogen) atoms. The highest BCUT2D eigenvalue weighted by Crippen LogP contribution is 2.42. The molecule has 0 amide bonds. The van der Waals surface area contributed by atoms with Crippen LogP contribution in [0.5, 0.6) is 0 Å². The fourth-order valence-electron chi connectivity index (χ4n) is 2.41. The maximum absolute atomic E-state index is 13.7. The summed E-state index contributed by atoms with van der Waals surface area (Å²) in [6, 6.07) is 4.07. The van der Waals surface area contributed by atoms with E-state index in [0.29, 0.717) is 19.0 Å². The molecule has 1 aliphatic carbocycles. The first kappa shape index (κ1) is 15.7. The number of hydrogen-bond donors (Lipinski definition) is 2. The van der Waals surface area contributed by atoms with E-state index >= 15 is 0 Å². The molecule has 0 aromatic heterocycles. The van der Waals surface area contributed by atoms with E-state index in [0.717, 1.165) is 0 Å². The Morgan fingerprint density at radius 2 is 2.10 bits per heavy atom. The number of guanidine groups is 1. The van der Waals surface area contributed by atoms with Crippen molar-refractivity contribution in [1.82, 2.24) is 10.6 Å². The van der Waals surface area contributed by atoms with Gasteiger partial charge in [0.25, 0.3) is 0 Å². The zero-order valence-electron chi connectivity index (χ0n) is 12.5. The van der Waals surface area contributed by atoms with E-state index in [1.807, 2.05) is 6.92 Å². The number of nitrogens with zero attached hydrogens (tertiary/aromatic N) is 1. The highest BCUT2D eigenvalue weighted by molar-refractivity contribution is 5.80. The Balaban J connectivity index is 1.94. The monoisotopic (exact) mass is 297 g/mol. The lowest BCUT2D eigenvalue weighted by molar-refractivity contribution is 0.179. The molecule has 1 saturated carbocycles. The average molecular weight is 297 g/mol. The molecule has 1 aromatic rings. The fraction of sp³-hybridized carbons (Fsp3) is 0.533. The van der Waals surface area contributed by atoms with Gasteiger partial charge in [0, 0.05) is 37.7 Å². The number of hydrogen-bond acceptors (Lipinski definition) is 2. The number of methoxy groups -OCH3 is 1. The lowest BCUT2D eigenvalue weighted by Gasteiger charge is -2.17. The number of halogens is 2. The topological polar surface area (TPSA) is 45.7 Å². The average Bonchev–Trinajstić information content (AvgIpc) is 3.17. The van der Waals surface area contributed by atoms with Gasteiger partial charge in [0.15, 0.2) is 5.96 Å². The Bertz CT molecular complexity index is 501. The van der Waals surface area contributed by atoms with Crippen molar-refractivity contribution in [2.45, 2.75) is 31.3 Å². The van der Waals surface area contributed by atoms with Crippen LogP contribution < -0.4 is 10.6 Å². The molecular weight excluding hydrogens is 276 g/mol. The fourth-order valence-corrected chi connectivity index (χ4v) is 2.41. The second-order valence-corrected chi connectivity index (χ2v) is 5.30. The summed E-state index contributed by atoms with van der Waals surface area (Å²) in [7, 11) is 3.29. The Hall–Kier alpha value is -1.69. The van der Waals surface area contributed by atoms with Crippen LogP contribution in [0.25, 0.3) is 0 Å². The molecule has 0 bridgehead atoms. The standard InChI is InChI=1S/C15H21F2N3O/c1-9(8-21-3)19-15(18-2)20-13-7-10(13)14-11(16)5-4-6-12(14)17/h4-6,9-10,13H,7-8H2,1-3H3,(H2,18,19,20). The first-order valence-electron chi connectivity index (χ1n) is 6.99. The van der Waals surface area contributed by atoms with E-state index in [1.54, 1.807) is 14.2 Å². The van der Waals surface area contributed by atoms with E-state index in [2.05, 4.69) is 15.6 Å². The summed E-state index contributed by atoms with van der Waals surface area (Å²) < 4.78 is 32.5. The number of benzene rings is 1. The lowest BCUT2D eigenvalue weighted by Crippen LogP contribution is -2.45. The van der Waals surface area contributed by atoms with E-state index in [1.165, 1.54) is 18.2 Å². The van der Waals surface area contributed by atoms with Gasteiger partial charge in [0.1, 0.15) is 11.6 Å². The van der Waals surface area contributed by atoms with Crippen molar-refractivity contribution in [1.29, 1.82) is 0 Å². The summed E-state index contributed by atoms with van der Waals surface area (Å²) in [5, 5.41) is 6.35. The van der Waals surface area contributed by atoms with Gasteiger partial charge in [-0.05, 0) is 25.5 Å². The molecule has 0 heterocycles. The lowest BCUT2D eigenvalue weighted by atomic mass is 10.1. The van der Waals surface area contributed by atoms with Gasteiger partial charge in [-0.1, -0.05) is 6.07 Å². The van der Waals surface area contributed by atoms with Gasteiger partial charge in [-0.3, -0.25) is 4.99 Å². The zero-order chi connectivity index (χ0) is 15.4. The molecule has 3 unspecified atom stereocenters. The summed E-state index contributed by atoms with van der Waals surface area (Å²) >= 11 is 0. The highest BCUT2D eigenvalue weighted by atomic mass is 19.1. The Morgan fingerprint density at radius 3 is 2.67 bits per heavy atom. The zero-order valence-corrected chi connectivity index (χ0v) is 12.5. The molecule has 1 aliphatic rings. The molecule has 2 rings (SSSR count). The molecule has 0 aliphatic heterocycles. The minimum Gasteiger partial charge on any atom is -0.383 e. The van der Waals surface area contributed by atoms with Gasteiger partial charge in [0.2, 0.25) is 0 Å². The van der Waals surface area contributed by atoms with Crippen LogP contribution in [0.4, 0.5) is 8.78 Å². The smallest absolute Gasteiger partial charge is 0.191 e. The Morgan fingerprint density at radius 1 is 1.43 bits per heavy atom. The van der Waals surface area contributed by atoms with E-state index in [9.17, 15) is 8.78 Å². The molecular formula is C15H21F2N3O. The number of aliphatic imine (C=N–C) groups is 1. The second-order valence-electron chi connectivity index (χ2n) is 5.30. The van der Waals surface area contributed by atoms with Gasteiger partial charge in [-0.2, -0.15) is 0 Å². The first-order chi connectivity index (χ1) is 10.1. The molecule has 3 atom stereocenters. The Labute approximate surface area is 123 Å². The van der Waals surface area contributed by atoms with Crippen LogP contribution in [0.15, 0.2) is 23.2 Å². The van der Waals surface area contributed by atoms with Gasteiger partial charge in [-0.15, -0.1) is 0 Å². The first-order valence-corrected chi connectivity index (χ1v) is 6.99. The molecule has 1 fully saturated rings. The van der Waals surface area contributed by atoms with Crippen molar-refractivity contribution < 1.29 is 13.5 Å². The molecule has 6 heteroatoms. The van der Waals surface area contributed by atoms with Crippen molar-refractivity contribution in [2.24, 2.45) is 4.99 Å². The normalized spacial score (nSPS) is 22.8. The quantitative estimate of drug-likeness (QED) is 0.645. The van der Waals surface area contributed by atoms with E-state index < -0.39 is 11.6 Å². The van der Waals surface area contributed by atoms with Gasteiger partial charge < -0.3 is 15.4 Å². The Kier molecular flexibility index (Phi) is 5.12. The molecule has 116 valence electrons. The van der Waals surface area contributed by atoms with Crippen molar-refractivity contribution in [2.75, 3.05) is 20.8 Å². The van der Waals surface area contributed by atoms with E-state index in [-0.39, 0.29) is 23.6 Å². The second kappa shape index (κ2) is 6.85. The molecule has 0 saturated heterocycles. The third-order valence-electron chi connectivity index (χ3n) is 3.51. The largest absolute Gasteiger partial charge is 0.383 e. The third-order valence-corrected chi connectivity index (χ3v) is 3.51. The minimum atomic E-state index is -0.486. The van der Waals surface area contributed by atoms with E-state index in [4.69, 9.17) is 4.74 Å². The van der Waals surface area contributed by atoms with Crippen LogP contribution >= 0.6 is 0 Å². The van der Waals surface area contributed by atoms with Crippen LogP contribution in [-0.2, 0) is 4.74 Å². The van der Waals surface area contributed by atoms with Crippen LogP contribution in [0.2, 0.25) is 0 Å². The molecule has 1 aromatic carbocycles. The molecule has 0 radical (unpaired) electrons. The summed E-state index contributed by atoms with van der Waals surface area (Å²) in [5.41, 5.74) is 0.162. The highest BCUT2D eigenvalue weighted by Gasteiger charge is 2.42. The number of nitrogens with one attached hydrogen (secondary N) is 2. The minimum absolute atomic E-state index is 0.00246. The third kappa shape index (κ3) is 3.91. The van der Waals surface area contributed by atoms with Crippen molar-refractivity contribution in [3.63, 3.8) is 0 Å². The van der Waals surface area contributed by atoms with Gasteiger partial charge in [-0.25, -0.2) is 8.78 Å². The van der Waals surface area contributed by atoms with Crippen LogP contribution in [0.3, 0.4) is 0 Å². The molecule has 0 spiro atoms. The predicted molar refractivity (Wildman–Crippen MR) is 78.5 cm³/mol. The summed E-state index contributed by atoms with van der Waals surface area (Å²) in [5.74, 6) is -0.508. The maximum Gasteiger partial charge on any atom is 0.191 e. The summed E-state index contributed by atoms with van der Waals surface area (Å²) in [6.07, 6.45) is 0.692. The molecule has 4 nitrogen and oxygen atoms in total. The van der Waals surface area contributed by atoms with Gasteiger partial charge >= 0.3 is 0 Å². The van der Waals surface area contributed by atoms with Crippen LogP contribution in [0, 0.1) is 11.6 Å². The maximum atomic E-state index is 13.7. The van der Waals surface area contributed by atoms with Crippen LogP contribution in [-0.4, -0.2) is 38.8 Å². The van der Waals surface area contributed by atoms with Crippen molar-refractivity contribution >= 4 is 5.96 Å². The molecule has 2 N–H and O–H groups in total. The summed E-state index contributed by atoms with van der Waals surface area (Å²) in [4.78, 5) is 4.11. The number of rotatable bonds is 5. The summed E-state index contributed by atoms with van der Waals surface area (Å²) in [6.45, 7) is 2.52. The number of ether oxygens (including phenoxy) is 1. The van der Waals surface area contributed by atoms with Crippen molar-refractivity contribution in [3.8, 4) is 0 Å². The SMILES string of the molecule is CN=C(NC(C)COC)NC1CC1c1c(F)cccc1F.